The molecule has 1 aromatic heterocycles. The first kappa shape index (κ1) is 31.5. The highest BCUT2D eigenvalue weighted by Gasteiger charge is 2.56. The van der Waals surface area contributed by atoms with Crippen molar-refractivity contribution in [2.75, 3.05) is 16.8 Å². The smallest absolute Gasteiger partial charge is 0.416 e. The molecule has 11 nitrogen and oxygen atoms in total. The van der Waals surface area contributed by atoms with Crippen LogP contribution in [0.5, 0.6) is 5.75 Å². The molecule has 3 atom stereocenters. The summed E-state index contributed by atoms with van der Waals surface area (Å²) in [6.45, 7) is -0.448. The maximum absolute atomic E-state index is 13.9. The number of amides is 3. The zero-order chi connectivity index (χ0) is 33.0. The third kappa shape index (κ3) is 6.05. The number of alkyl halides is 3. The molecule has 2 aliphatic heterocycles. The number of hydrogen-bond acceptors (Lipinski definition) is 9. The van der Waals surface area contributed by atoms with Crippen molar-refractivity contribution in [2.24, 2.45) is 11.1 Å². The molecule has 0 aliphatic carbocycles. The average molecular weight is 691 g/mol. The highest BCUT2D eigenvalue weighted by atomic mass is 32.2. The van der Waals surface area contributed by atoms with Gasteiger partial charge in [-0.2, -0.15) is 13.2 Å². The van der Waals surface area contributed by atoms with E-state index in [-0.39, 0.29) is 16.3 Å². The number of nitrogens with zero attached hydrogens (tertiary/aromatic N) is 1. The van der Waals surface area contributed by atoms with Gasteiger partial charge in [0.15, 0.2) is 6.61 Å². The molecule has 3 heterocycles. The normalized spacial score (nSPS) is 19.5. The molecule has 0 spiro atoms. The Morgan fingerprint density at radius 3 is 2.41 bits per heavy atom. The van der Waals surface area contributed by atoms with E-state index < -0.39 is 68.1 Å². The van der Waals surface area contributed by atoms with Crippen LogP contribution in [0, 0.1) is 5.92 Å². The van der Waals surface area contributed by atoms with Crippen LogP contribution in [-0.2, 0) is 30.6 Å². The molecule has 0 saturated carbocycles. The van der Waals surface area contributed by atoms with Gasteiger partial charge >= 0.3 is 11.0 Å². The van der Waals surface area contributed by atoms with E-state index in [1.165, 1.54) is 30.3 Å². The Bertz CT molecular complexity index is 2050. The van der Waals surface area contributed by atoms with Gasteiger partial charge in [0.1, 0.15) is 11.0 Å². The molecule has 46 heavy (non-hydrogen) atoms. The first-order valence-corrected chi connectivity index (χ1v) is 16.5. The van der Waals surface area contributed by atoms with Crippen molar-refractivity contribution in [3.8, 4) is 5.75 Å². The number of thiazole rings is 1. The van der Waals surface area contributed by atoms with Crippen molar-refractivity contribution in [1.82, 2.24) is 4.98 Å². The molecule has 17 heteroatoms. The number of H-pyrrole nitrogens is 1. The summed E-state index contributed by atoms with van der Waals surface area (Å²) in [4.78, 5) is 55.7. The first-order valence-electron chi connectivity index (χ1n) is 13.3. The zero-order valence-electron chi connectivity index (χ0n) is 23.1. The molecule has 4 aromatic rings. The molecular formula is C29H21F3N4O7S3. The Morgan fingerprint density at radius 1 is 1.00 bits per heavy atom. The van der Waals surface area contributed by atoms with Crippen LogP contribution in [0.4, 0.5) is 24.5 Å². The summed E-state index contributed by atoms with van der Waals surface area (Å²) < 4.78 is 68.8. The topological polar surface area (TPSA) is 169 Å². The van der Waals surface area contributed by atoms with E-state index in [4.69, 9.17) is 9.88 Å². The average Bonchev–Trinajstić information content (AvgIpc) is 3.49. The van der Waals surface area contributed by atoms with E-state index in [1.54, 1.807) is 24.3 Å². The van der Waals surface area contributed by atoms with Crippen molar-refractivity contribution in [1.29, 1.82) is 0 Å². The highest BCUT2D eigenvalue weighted by molar-refractivity contribution is 8.00. The second kappa shape index (κ2) is 11.7. The Morgan fingerprint density at radius 2 is 1.72 bits per heavy atom. The van der Waals surface area contributed by atoms with Gasteiger partial charge in [0, 0.05) is 16.5 Å². The number of anilines is 2. The minimum absolute atomic E-state index is 0.127. The van der Waals surface area contributed by atoms with Crippen molar-refractivity contribution >= 4 is 62.2 Å². The number of carbonyl (C=O) groups excluding carboxylic acids is 3. The summed E-state index contributed by atoms with van der Waals surface area (Å²) in [6, 6.07) is 15.5. The lowest BCUT2D eigenvalue weighted by molar-refractivity contribution is -0.137. The van der Waals surface area contributed by atoms with E-state index in [1.807, 2.05) is 0 Å². The van der Waals surface area contributed by atoms with E-state index in [0.717, 1.165) is 46.2 Å². The molecule has 4 N–H and O–H groups in total. The van der Waals surface area contributed by atoms with E-state index in [2.05, 4.69) is 10.3 Å². The fourth-order valence-corrected chi connectivity index (χ4v) is 8.35. The number of nitrogens with two attached hydrogens (primary N) is 1. The van der Waals surface area contributed by atoms with Crippen LogP contribution in [0.3, 0.4) is 0 Å². The molecule has 1 fully saturated rings. The number of thioether (sulfide) groups is 1. The van der Waals surface area contributed by atoms with Crippen LogP contribution in [0.15, 0.2) is 87.5 Å². The Labute approximate surface area is 266 Å². The van der Waals surface area contributed by atoms with Gasteiger partial charge in [-0.15, -0.1) is 0 Å². The minimum Gasteiger partial charge on any atom is -0.484 e. The molecule has 6 rings (SSSR count). The number of hydrogen-bond donors (Lipinski definition) is 3. The Balaban J connectivity index is 1.26. The summed E-state index contributed by atoms with van der Waals surface area (Å²) in [5.74, 6) is -3.64. The van der Waals surface area contributed by atoms with Crippen LogP contribution in [0.1, 0.15) is 21.9 Å². The summed E-state index contributed by atoms with van der Waals surface area (Å²) in [6.07, 6.45) is -4.69. The molecule has 3 aromatic carbocycles. The molecule has 0 bridgehead atoms. The van der Waals surface area contributed by atoms with Crippen LogP contribution in [-0.4, -0.2) is 43.0 Å². The van der Waals surface area contributed by atoms with Gasteiger partial charge in [-0.05, 0) is 60.2 Å². The lowest BCUT2D eigenvalue weighted by atomic mass is 9.83. The molecule has 1 saturated heterocycles. The second-order valence-corrected chi connectivity index (χ2v) is 14.0. The van der Waals surface area contributed by atoms with Crippen LogP contribution in [0.2, 0.25) is 0 Å². The van der Waals surface area contributed by atoms with E-state index >= 15 is 0 Å². The van der Waals surface area contributed by atoms with Gasteiger partial charge in [0.25, 0.3) is 5.91 Å². The number of carbonyl (C=O) groups is 3. The van der Waals surface area contributed by atoms with Gasteiger partial charge in [0.2, 0.25) is 21.8 Å². The standard InChI is InChI=1S/C29H21F3N4O7S3/c30-29(31,32)15-4-2-5-17(12-15)36-26(38)22-21(23-25(35-28(40)45-23)44-24(22)27(36)39)14-3-1-6-18(11-14)43-13-20(37)34-16-7-9-19(10-8-16)46(33,41)42/h1-12,21-22,24H,13H2,(H,34,37)(H,35,40)(H2,33,41,42)/t21-,22?,24?/m1/s1. The number of aromatic nitrogens is 1. The number of primary sulfonamides is 1. The molecule has 2 aliphatic rings. The quantitative estimate of drug-likeness (QED) is 0.245. The van der Waals surface area contributed by atoms with Crippen molar-refractivity contribution in [3.63, 3.8) is 0 Å². The van der Waals surface area contributed by atoms with Crippen molar-refractivity contribution < 1.29 is 40.7 Å². The van der Waals surface area contributed by atoms with Crippen LogP contribution >= 0.6 is 23.1 Å². The molecule has 3 amide bonds. The fraction of sp³-hybridized carbons (Fsp3) is 0.172. The van der Waals surface area contributed by atoms with Gasteiger partial charge in [-0.1, -0.05) is 41.3 Å². The molecular weight excluding hydrogens is 670 g/mol. The van der Waals surface area contributed by atoms with Gasteiger partial charge < -0.3 is 15.0 Å². The fourth-order valence-electron chi connectivity index (χ4n) is 5.32. The predicted octanol–water partition coefficient (Wildman–Crippen LogP) is 3.92. The third-order valence-corrected chi connectivity index (χ3v) is 10.6. The summed E-state index contributed by atoms with van der Waals surface area (Å²) >= 11 is 1.85. The number of rotatable bonds is 7. The second-order valence-electron chi connectivity index (χ2n) is 10.3. The summed E-state index contributed by atoms with van der Waals surface area (Å²) in [7, 11) is -3.90. The Kier molecular flexibility index (Phi) is 8.04. The maximum atomic E-state index is 13.9. The van der Waals surface area contributed by atoms with Gasteiger partial charge in [-0.25, -0.2) is 18.5 Å². The van der Waals surface area contributed by atoms with Crippen LogP contribution < -0.4 is 25.0 Å². The van der Waals surface area contributed by atoms with E-state index in [9.17, 15) is 40.8 Å². The van der Waals surface area contributed by atoms with E-state index in [0.29, 0.717) is 21.2 Å². The molecule has 238 valence electrons. The number of imide groups is 1. The van der Waals surface area contributed by atoms with Crippen molar-refractivity contribution in [3.05, 3.63) is 98.5 Å². The monoisotopic (exact) mass is 690 g/mol. The number of nitrogens with one attached hydrogen (secondary N) is 2. The Hall–Kier alpha value is -4.45. The molecule has 2 unspecified atom stereocenters. The number of fused-ring (bicyclic) bond motifs is 2. The number of ether oxygens (including phenoxy) is 1. The highest BCUT2D eigenvalue weighted by Crippen LogP contribution is 2.53. The number of benzene rings is 3. The van der Waals surface area contributed by atoms with Crippen molar-refractivity contribution in [2.45, 2.75) is 27.3 Å². The number of sulfonamides is 1. The largest absolute Gasteiger partial charge is 0.484 e. The number of aromatic amines is 1. The summed E-state index contributed by atoms with van der Waals surface area (Å²) in [5, 5.41) is 7.00. The molecule has 0 radical (unpaired) electrons. The van der Waals surface area contributed by atoms with Crippen LogP contribution in [0.25, 0.3) is 0 Å². The lowest BCUT2D eigenvalue weighted by Crippen LogP contribution is -2.32. The zero-order valence-corrected chi connectivity index (χ0v) is 25.6. The lowest BCUT2D eigenvalue weighted by Gasteiger charge is -2.30. The van der Waals surface area contributed by atoms with Gasteiger partial charge in [-0.3, -0.25) is 19.2 Å². The minimum atomic E-state index is -4.69. The first-order chi connectivity index (χ1) is 21.7. The SMILES string of the molecule is NS(=O)(=O)c1ccc(NC(=O)COc2cccc([C@H]3c4sc(=O)[nH]c4SC4C(=O)N(c5cccc(C(F)(F)F)c5)C(=O)C43)c2)cc1. The predicted molar refractivity (Wildman–Crippen MR) is 162 cm³/mol. The summed E-state index contributed by atoms with van der Waals surface area (Å²) in [5.41, 5.74) is -0.444. The number of halogens is 3. The third-order valence-electron chi connectivity index (χ3n) is 7.31. The maximum Gasteiger partial charge on any atom is 0.416 e. The van der Waals surface area contributed by atoms with Gasteiger partial charge in [0.05, 0.1) is 27.1 Å².